The molecule has 0 saturated heterocycles. The number of carbonyl (C=O) groups is 1. The lowest BCUT2D eigenvalue weighted by Gasteiger charge is -2.23. The van der Waals surface area contributed by atoms with E-state index in [9.17, 15) is 18.0 Å². The summed E-state index contributed by atoms with van der Waals surface area (Å²) in [5.41, 5.74) is 5.76. The molecular weight excluding hydrogens is 511 g/mol. The molecule has 0 aliphatic rings. The predicted octanol–water partition coefficient (Wildman–Crippen LogP) is 8.22. The third kappa shape index (κ3) is 5.78. The maximum Gasteiger partial charge on any atom is 0.412 e. The summed E-state index contributed by atoms with van der Waals surface area (Å²) in [5.74, 6) is -0.726. The van der Waals surface area contributed by atoms with E-state index in [1.54, 1.807) is 30.3 Å². The number of fused-ring (bicyclic) bond motifs is 1. The normalized spacial score (nSPS) is 12.6. The van der Waals surface area contributed by atoms with Crippen LogP contribution in [0, 0.1) is 6.92 Å². The van der Waals surface area contributed by atoms with Gasteiger partial charge in [-0.25, -0.2) is 0 Å². The molecule has 1 aromatic heterocycles. The molecule has 0 fully saturated rings. The maximum atomic E-state index is 14.0. The summed E-state index contributed by atoms with van der Waals surface area (Å²) in [6, 6.07) is 27.4. The Morgan fingerprint density at radius 3 is 2.20 bits per heavy atom. The number of nitrogens with zero attached hydrogens (tertiary/aromatic N) is 2. The first-order valence-corrected chi connectivity index (χ1v) is 13.2. The third-order valence-corrected chi connectivity index (χ3v) is 7.10. The molecule has 1 heterocycles. The quantitative estimate of drug-likeness (QED) is 0.226. The highest BCUT2D eigenvalue weighted by Gasteiger charge is 2.42. The molecule has 0 saturated carbocycles. The molecule has 0 aliphatic heterocycles. The molecule has 5 rings (SSSR count). The third-order valence-electron chi connectivity index (χ3n) is 7.10. The van der Waals surface area contributed by atoms with Crippen LogP contribution >= 0.6 is 0 Å². The van der Waals surface area contributed by atoms with Crippen molar-refractivity contribution in [2.24, 2.45) is 0 Å². The smallest absolute Gasteiger partial charge is 0.337 e. The van der Waals surface area contributed by atoms with Crippen LogP contribution in [0.1, 0.15) is 58.5 Å². The number of carbonyl (C=O) groups excluding carboxylic acids is 1. The topological polar surface area (TPSA) is 46.9 Å². The molecule has 40 heavy (non-hydrogen) atoms. The molecular formula is C33H30F3N3O. The number of halogens is 3. The highest BCUT2D eigenvalue weighted by atomic mass is 19.4. The first kappa shape index (κ1) is 27.2. The van der Waals surface area contributed by atoms with Crippen molar-refractivity contribution in [3.05, 3.63) is 125 Å². The van der Waals surface area contributed by atoms with E-state index in [2.05, 4.69) is 46.8 Å². The van der Waals surface area contributed by atoms with Gasteiger partial charge in [-0.05, 0) is 58.9 Å². The molecule has 0 spiro atoms. The monoisotopic (exact) mass is 541 g/mol. The zero-order valence-electron chi connectivity index (χ0n) is 22.5. The van der Waals surface area contributed by atoms with Crippen molar-refractivity contribution in [2.75, 3.05) is 0 Å². The standard InChI is InChI=1S/C33H30F3N3O/c1-21(2)26-10-7-11-27(18-26)31(33(34,35)36)37-32(40)28-16-17-30-29(19-28)22(3)38-39(30)20-23-12-14-25(15-13-23)24-8-5-4-6-9-24/h4-19,21,31H,20H2,1-3H3,(H,37,40)/t31-/m1/s1. The number of rotatable bonds is 7. The van der Waals surface area contributed by atoms with Crippen LogP contribution in [0.2, 0.25) is 0 Å². The molecule has 1 atom stereocenters. The minimum absolute atomic E-state index is 0.00964. The average Bonchev–Trinajstić information content (AvgIpc) is 3.26. The summed E-state index contributed by atoms with van der Waals surface area (Å²) in [6.07, 6.45) is -4.65. The molecule has 0 bridgehead atoms. The van der Waals surface area contributed by atoms with Gasteiger partial charge in [-0.15, -0.1) is 0 Å². The second-order valence-corrected chi connectivity index (χ2v) is 10.3. The predicted molar refractivity (Wildman–Crippen MR) is 152 cm³/mol. The van der Waals surface area contributed by atoms with Gasteiger partial charge < -0.3 is 5.32 Å². The number of aryl methyl sites for hydroxylation is 1. The van der Waals surface area contributed by atoms with Gasteiger partial charge in [-0.2, -0.15) is 18.3 Å². The molecule has 4 aromatic carbocycles. The van der Waals surface area contributed by atoms with E-state index in [0.29, 0.717) is 12.2 Å². The van der Waals surface area contributed by atoms with Gasteiger partial charge >= 0.3 is 6.18 Å². The molecule has 0 aliphatic carbocycles. The van der Waals surface area contributed by atoms with E-state index >= 15 is 0 Å². The van der Waals surface area contributed by atoms with E-state index in [1.165, 1.54) is 12.1 Å². The first-order chi connectivity index (χ1) is 19.1. The van der Waals surface area contributed by atoms with Crippen LogP contribution < -0.4 is 5.32 Å². The molecule has 0 unspecified atom stereocenters. The van der Waals surface area contributed by atoms with E-state index in [1.807, 2.05) is 43.7 Å². The molecule has 0 radical (unpaired) electrons. The Morgan fingerprint density at radius 1 is 0.850 bits per heavy atom. The number of hydrogen-bond donors (Lipinski definition) is 1. The van der Waals surface area contributed by atoms with Crippen molar-refractivity contribution in [3.63, 3.8) is 0 Å². The highest BCUT2D eigenvalue weighted by Crippen LogP contribution is 2.34. The molecule has 4 nitrogen and oxygen atoms in total. The Balaban J connectivity index is 1.37. The SMILES string of the molecule is Cc1nn(Cc2ccc(-c3ccccc3)cc2)c2ccc(C(=O)N[C@H](c3cccc(C(C)C)c3)C(F)(F)F)cc12. The fourth-order valence-corrected chi connectivity index (χ4v) is 4.87. The summed E-state index contributed by atoms with van der Waals surface area (Å²) in [5, 5.41) is 7.58. The number of benzene rings is 4. The summed E-state index contributed by atoms with van der Waals surface area (Å²) in [7, 11) is 0. The summed E-state index contributed by atoms with van der Waals surface area (Å²) in [4.78, 5) is 13.1. The minimum Gasteiger partial charge on any atom is -0.337 e. The van der Waals surface area contributed by atoms with Gasteiger partial charge in [0.15, 0.2) is 6.04 Å². The van der Waals surface area contributed by atoms with Crippen molar-refractivity contribution >= 4 is 16.8 Å². The van der Waals surface area contributed by atoms with E-state index < -0.39 is 18.1 Å². The number of nitrogens with one attached hydrogen (secondary N) is 1. The zero-order valence-corrected chi connectivity index (χ0v) is 22.5. The Morgan fingerprint density at radius 2 is 1.52 bits per heavy atom. The van der Waals surface area contributed by atoms with Crippen LogP contribution in [-0.2, 0) is 6.54 Å². The lowest BCUT2D eigenvalue weighted by molar-refractivity contribution is -0.155. The van der Waals surface area contributed by atoms with Gasteiger partial charge in [0.2, 0.25) is 0 Å². The number of aromatic nitrogens is 2. The van der Waals surface area contributed by atoms with Crippen molar-refractivity contribution < 1.29 is 18.0 Å². The van der Waals surface area contributed by atoms with Crippen LogP contribution in [0.4, 0.5) is 13.2 Å². The number of hydrogen-bond acceptors (Lipinski definition) is 2. The van der Waals surface area contributed by atoms with Crippen LogP contribution in [0.5, 0.6) is 0 Å². The maximum absolute atomic E-state index is 14.0. The van der Waals surface area contributed by atoms with Crippen molar-refractivity contribution in [1.82, 2.24) is 15.1 Å². The lowest BCUT2D eigenvalue weighted by atomic mass is 9.97. The second-order valence-electron chi connectivity index (χ2n) is 10.3. The Bertz CT molecular complexity index is 1640. The van der Waals surface area contributed by atoms with Gasteiger partial charge in [0, 0.05) is 10.9 Å². The number of alkyl halides is 3. The fraction of sp³-hybridized carbons (Fsp3) is 0.212. The van der Waals surface area contributed by atoms with Gasteiger partial charge in [0.05, 0.1) is 17.8 Å². The van der Waals surface area contributed by atoms with E-state index in [4.69, 9.17) is 0 Å². The molecule has 1 N–H and O–H groups in total. The van der Waals surface area contributed by atoms with Crippen molar-refractivity contribution in [1.29, 1.82) is 0 Å². The van der Waals surface area contributed by atoms with Gasteiger partial charge in [0.1, 0.15) is 0 Å². The molecule has 7 heteroatoms. The summed E-state index contributed by atoms with van der Waals surface area (Å²) < 4.78 is 44.0. The zero-order chi connectivity index (χ0) is 28.4. The minimum atomic E-state index is -4.65. The summed E-state index contributed by atoms with van der Waals surface area (Å²) in [6.45, 7) is 6.18. The summed E-state index contributed by atoms with van der Waals surface area (Å²) >= 11 is 0. The largest absolute Gasteiger partial charge is 0.412 e. The number of amides is 1. The average molecular weight is 542 g/mol. The van der Waals surface area contributed by atoms with Gasteiger partial charge in [-0.3, -0.25) is 9.48 Å². The van der Waals surface area contributed by atoms with Crippen LogP contribution in [0.15, 0.2) is 97.1 Å². The first-order valence-electron chi connectivity index (χ1n) is 13.2. The molecule has 1 amide bonds. The Kier molecular flexibility index (Phi) is 7.48. The van der Waals surface area contributed by atoms with E-state index in [-0.39, 0.29) is 17.0 Å². The Labute approximate surface area is 231 Å². The van der Waals surface area contributed by atoms with Crippen LogP contribution in [0.25, 0.3) is 22.0 Å². The van der Waals surface area contributed by atoms with Crippen molar-refractivity contribution in [3.8, 4) is 11.1 Å². The highest BCUT2D eigenvalue weighted by molar-refractivity contribution is 5.98. The second kappa shape index (κ2) is 11.0. The lowest BCUT2D eigenvalue weighted by Crippen LogP contribution is -2.38. The Hall–Kier alpha value is -4.39. The molecule has 204 valence electrons. The molecule has 5 aromatic rings. The van der Waals surface area contributed by atoms with E-state index in [0.717, 1.165) is 33.2 Å². The fourth-order valence-electron chi connectivity index (χ4n) is 4.87. The van der Waals surface area contributed by atoms with Crippen LogP contribution in [0.3, 0.4) is 0 Å². The van der Waals surface area contributed by atoms with Crippen LogP contribution in [-0.4, -0.2) is 21.9 Å². The van der Waals surface area contributed by atoms with Gasteiger partial charge in [0.25, 0.3) is 5.91 Å². The van der Waals surface area contributed by atoms with Crippen molar-refractivity contribution in [2.45, 2.75) is 45.5 Å². The van der Waals surface area contributed by atoms with Gasteiger partial charge in [-0.1, -0.05) is 92.7 Å².